The number of nitrogens with one attached hydrogen (secondary N) is 1. The van der Waals surface area contributed by atoms with Crippen LogP contribution < -0.4 is 4.98 Å². The van der Waals surface area contributed by atoms with E-state index in [9.17, 15) is 0 Å². The quantitative estimate of drug-likeness (QED) is 0.575. The van der Waals surface area contributed by atoms with Crippen molar-refractivity contribution in [3.63, 3.8) is 0 Å². The lowest BCUT2D eigenvalue weighted by molar-refractivity contribution is 0.752. The molecule has 0 saturated heterocycles. The summed E-state index contributed by atoms with van der Waals surface area (Å²) in [5, 5.41) is 0. The van der Waals surface area contributed by atoms with Gasteiger partial charge >= 0.3 is 6.37 Å². The fourth-order valence-electron chi connectivity index (χ4n) is 1.12. The Hall–Kier alpha value is 0.194. The molecule has 5 heteroatoms. The largest absolute Gasteiger partial charge is 0.318 e. The number of halogens is 2. The molecule has 0 amide bonds. The SMILES string of the molecule is C=C[Si](C=C)(C=C)[Si](Cl)(Cl)NC(C)C. The van der Waals surface area contributed by atoms with Crippen LogP contribution in [0.1, 0.15) is 13.8 Å². The fourth-order valence-corrected chi connectivity index (χ4v) is 12.8. The summed E-state index contributed by atoms with van der Waals surface area (Å²) in [6.45, 7) is 15.4. The van der Waals surface area contributed by atoms with Crippen LogP contribution in [-0.4, -0.2) is 20.0 Å². The monoisotopic (exact) mass is 265 g/mol. The van der Waals surface area contributed by atoms with Crippen molar-refractivity contribution >= 4 is 36.1 Å². The molecule has 0 aromatic rings. The Balaban J connectivity index is 5.07. The smallest absolute Gasteiger partial charge is 0.313 e. The van der Waals surface area contributed by atoms with Gasteiger partial charge in [-0.1, -0.05) is 30.9 Å². The van der Waals surface area contributed by atoms with Crippen LogP contribution in [-0.2, 0) is 0 Å². The molecule has 14 heavy (non-hydrogen) atoms. The number of hydrogen-bond acceptors (Lipinski definition) is 1. The highest BCUT2D eigenvalue weighted by Gasteiger charge is 2.49. The van der Waals surface area contributed by atoms with Crippen molar-refractivity contribution in [3.05, 3.63) is 36.8 Å². The normalized spacial score (nSPS) is 12.6. The second-order valence-corrected chi connectivity index (χ2v) is 18.7. The van der Waals surface area contributed by atoms with Crippen LogP contribution in [0.3, 0.4) is 0 Å². The minimum Gasteiger partial charge on any atom is -0.313 e. The maximum Gasteiger partial charge on any atom is 0.318 e. The van der Waals surface area contributed by atoms with Crippen molar-refractivity contribution in [1.82, 2.24) is 4.98 Å². The molecular weight excluding hydrogens is 249 g/mol. The molecule has 0 spiro atoms. The first-order valence-corrected chi connectivity index (χ1v) is 11.7. The Labute approximate surface area is 97.8 Å². The van der Waals surface area contributed by atoms with Crippen LogP contribution in [0.15, 0.2) is 36.8 Å². The van der Waals surface area contributed by atoms with Crippen LogP contribution in [0.2, 0.25) is 0 Å². The van der Waals surface area contributed by atoms with E-state index in [-0.39, 0.29) is 6.04 Å². The molecule has 1 N–H and O–H groups in total. The molecule has 0 bridgehead atoms. The minimum absolute atomic E-state index is 0.253. The van der Waals surface area contributed by atoms with Crippen molar-refractivity contribution in [2.45, 2.75) is 19.9 Å². The Bertz CT molecular complexity index is 217. The Morgan fingerprint density at radius 3 is 1.64 bits per heavy atom. The van der Waals surface area contributed by atoms with E-state index < -0.39 is 14.0 Å². The molecule has 0 rings (SSSR count). The highest BCUT2D eigenvalue weighted by atomic mass is 35.7. The molecular formula is C9H17Cl2NSi2. The molecule has 0 aliphatic rings. The molecule has 0 unspecified atom stereocenters. The van der Waals surface area contributed by atoms with Gasteiger partial charge in [0.2, 0.25) is 0 Å². The molecule has 0 aromatic heterocycles. The van der Waals surface area contributed by atoms with E-state index in [0.717, 1.165) is 0 Å². The Kier molecular flexibility index (Phi) is 5.40. The second-order valence-electron chi connectivity index (χ2n) is 3.42. The van der Waals surface area contributed by atoms with E-state index in [1.807, 2.05) is 30.9 Å². The van der Waals surface area contributed by atoms with Gasteiger partial charge in [0.05, 0.1) is 0 Å². The van der Waals surface area contributed by atoms with Crippen molar-refractivity contribution in [2.24, 2.45) is 0 Å². The van der Waals surface area contributed by atoms with E-state index in [1.165, 1.54) is 0 Å². The van der Waals surface area contributed by atoms with Gasteiger partial charge in [0.25, 0.3) is 0 Å². The van der Waals surface area contributed by atoms with Crippen LogP contribution in [0.25, 0.3) is 0 Å². The lowest BCUT2D eigenvalue weighted by Crippen LogP contribution is -2.63. The van der Waals surface area contributed by atoms with Crippen molar-refractivity contribution < 1.29 is 0 Å². The molecule has 0 saturated carbocycles. The van der Waals surface area contributed by atoms with Gasteiger partial charge in [-0.15, -0.1) is 41.9 Å². The van der Waals surface area contributed by atoms with Gasteiger partial charge in [0.1, 0.15) is 0 Å². The second kappa shape index (κ2) is 5.33. The molecule has 1 nitrogen and oxygen atoms in total. The first-order valence-electron chi connectivity index (χ1n) is 4.41. The van der Waals surface area contributed by atoms with Gasteiger partial charge in [-0.3, -0.25) is 0 Å². The average molecular weight is 266 g/mol. The van der Waals surface area contributed by atoms with Gasteiger partial charge in [-0.05, 0) is 6.04 Å². The fraction of sp³-hybridized carbons (Fsp3) is 0.333. The highest BCUT2D eigenvalue weighted by molar-refractivity contribution is 7.77. The molecule has 0 radical (unpaired) electrons. The lowest BCUT2D eigenvalue weighted by atomic mass is 10.4. The summed E-state index contributed by atoms with van der Waals surface area (Å²) in [7, 11) is -2.16. The lowest BCUT2D eigenvalue weighted by Gasteiger charge is -2.33. The van der Waals surface area contributed by atoms with Crippen molar-refractivity contribution in [1.29, 1.82) is 0 Å². The summed E-state index contributed by atoms with van der Waals surface area (Å²) in [6.07, 6.45) is -2.57. The maximum absolute atomic E-state index is 6.40. The topological polar surface area (TPSA) is 12.0 Å². The van der Waals surface area contributed by atoms with Gasteiger partial charge in [0.15, 0.2) is 7.59 Å². The van der Waals surface area contributed by atoms with Crippen LogP contribution >= 0.6 is 22.2 Å². The molecule has 0 atom stereocenters. The predicted octanol–water partition coefficient (Wildman–Crippen LogP) is 3.10. The van der Waals surface area contributed by atoms with E-state index >= 15 is 0 Å². The minimum atomic E-state index is -2.57. The van der Waals surface area contributed by atoms with Gasteiger partial charge in [0, 0.05) is 0 Å². The third-order valence-electron chi connectivity index (χ3n) is 2.03. The summed E-state index contributed by atoms with van der Waals surface area (Å²) in [5.74, 6) is 0. The summed E-state index contributed by atoms with van der Waals surface area (Å²) < 4.78 is 0. The van der Waals surface area contributed by atoms with Gasteiger partial charge in [-0.25, -0.2) is 0 Å². The molecule has 80 valence electrons. The van der Waals surface area contributed by atoms with Crippen LogP contribution in [0, 0.1) is 0 Å². The molecule has 0 heterocycles. The molecule has 0 aliphatic carbocycles. The first-order chi connectivity index (χ1) is 6.35. The van der Waals surface area contributed by atoms with Crippen molar-refractivity contribution in [2.75, 3.05) is 0 Å². The average Bonchev–Trinajstić information content (AvgIpc) is 2.05. The molecule has 0 aliphatic heterocycles. The van der Waals surface area contributed by atoms with Crippen molar-refractivity contribution in [3.8, 4) is 0 Å². The summed E-state index contributed by atoms with van der Waals surface area (Å²) in [6, 6.07) is 0.253. The van der Waals surface area contributed by atoms with E-state index in [0.29, 0.717) is 0 Å². The van der Waals surface area contributed by atoms with E-state index in [1.54, 1.807) is 0 Å². The maximum atomic E-state index is 6.40. The zero-order chi connectivity index (χ0) is 11.4. The Morgan fingerprint density at radius 1 is 1.07 bits per heavy atom. The van der Waals surface area contributed by atoms with E-state index in [4.69, 9.17) is 22.2 Å². The molecule has 0 aromatic carbocycles. The predicted molar refractivity (Wildman–Crippen MR) is 72.1 cm³/mol. The summed E-state index contributed by atoms with van der Waals surface area (Å²) in [4.78, 5) is 3.23. The summed E-state index contributed by atoms with van der Waals surface area (Å²) >= 11 is 12.8. The zero-order valence-electron chi connectivity index (χ0n) is 8.69. The Morgan fingerprint density at radius 2 is 1.43 bits per heavy atom. The number of rotatable bonds is 6. The molecule has 0 fully saturated rings. The number of hydrogen-bond donors (Lipinski definition) is 1. The third kappa shape index (κ3) is 2.84. The third-order valence-corrected chi connectivity index (χ3v) is 18.2. The van der Waals surface area contributed by atoms with Gasteiger partial charge in [-0.2, -0.15) is 0 Å². The first kappa shape index (κ1) is 14.2. The van der Waals surface area contributed by atoms with E-state index in [2.05, 4.69) is 24.7 Å². The standard InChI is InChI=1S/C9H17Cl2NSi2/c1-6-13(7-2,8-3)14(10,11)12-9(4)5/h6-9,12H,1-3H2,4-5H3. The summed E-state index contributed by atoms with van der Waals surface area (Å²) in [5.41, 5.74) is 5.48. The highest BCUT2D eigenvalue weighted by Crippen LogP contribution is 2.27. The van der Waals surface area contributed by atoms with Gasteiger partial charge < -0.3 is 4.98 Å². The van der Waals surface area contributed by atoms with Crippen LogP contribution in [0.4, 0.5) is 0 Å². The zero-order valence-corrected chi connectivity index (χ0v) is 12.2. The van der Waals surface area contributed by atoms with Crippen LogP contribution in [0.5, 0.6) is 0 Å².